The number of fused-ring (bicyclic) bond motifs is 10. The van der Waals surface area contributed by atoms with Gasteiger partial charge in [0.1, 0.15) is 0 Å². The van der Waals surface area contributed by atoms with E-state index in [4.69, 9.17) is 0 Å². The van der Waals surface area contributed by atoms with Crippen molar-refractivity contribution in [2.75, 3.05) is 4.90 Å². The Morgan fingerprint density at radius 3 is 2.54 bits per heavy atom. The minimum Gasteiger partial charge on any atom is -0.344 e. The van der Waals surface area contributed by atoms with Crippen molar-refractivity contribution in [3.63, 3.8) is 0 Å². The average molecular weight is 496 g/mol. The Hall–Kier alpha value is -3.11. The molecule has 0 saturated heterocycles. The second kappa shape index (κ2) is 6.66. The molecule has 4 heterocycles. The Labute approximate surface area is 222 Å². The highest BCUT2D eigenvalue weighted by atomic mass is 32.2. The molecule has 1 saturated carbocycles. The maximum absolute atomic E-state index is 2.80. The molecule has 2 unspecified atom stereocenters. The van der Waals surface area contributed by atoms with Gasteiger partial charge in [0.2, 0.25) is 6.71 Å². The molecule has 4 aromatic carbocycles. The van der Waals surface area contributed by atoms with E-state index >= 15 is 0 Å². The summed E-state index contributed by atoms with van der Waals surface area (Å²) in [6, 6.07) is 28.1. The SMILES string of the molecule is Cn1c2ccccc2c2cc3c(cc21)B1c2cccc4c2N(c2cccc(c21)S3)C1(C)CCCCC41C. The Morgan fingerprint density at radius 1 is 0.784 bits per heavy atom. The summed E-state index contributed by atoms with van der Waals surface area (Å²) in [7, 11) is 2.22. The van der Waals surface area contributed by atoms with Crippen LogP contribution in [0.3, 0.4) is 0 Å². The van der Waals surface area contributed by atoms with E-state index in [9.17, 15) is 0 Å². The third kappa shape index (κ3) is 2.26. The number of anilines is 2. The molecular formula is C33H29BN2S. The first-order chi connectivity index (χ1) is 18.0. The maximum Gasteiger partial charge on any atom is 0.249 e. The van der Waals surface area contributed by atoms with Crippen LogP contribution in [0.1, 0.15) is 45.1 Å². The van der Waals surface area contributed by atoms with E-state index in [0.29, 0.717) is 0 Å². The second-order valence-electron chi connectivity index (χ2n) is 12.1. The molecule has 1 fully saturated rings. The predicted molar refractivity (Wildman–Crippen MR) is 158 cm³/mol. The van der Waals surface area contributed by atoms with Crippen molar-refractivity contribution in [2.45, 2.75) is 60.3 Å². The number of hydrogen-bond acceptors (Lipinski definition) is 2. The molecule has 2 atom stereocenters. The van der Waals surface area contributed by atoms with Crippen LogP contribution in [-0.2, 0) is 12.5 Å². The van der Waals surface area contributed by atoms with Crippen LogP contribution < -0.4 is 21.3 Å². The normalized spacial score (nSPS) is 24.7. The van der Waals surface area contributed by atoms with Crippen LogP contribution >= 0.6 is 11.8 Å². The monoisotopic (exact) mass is 496 g/mol. The lowest BCUT2D eigenvalue weighted by molar-refractivity contribution is 0.195. The summed E-state index contributed by atoms with van der Waals surface area (Å²) in [6.45, 7) is 5.39. The molecule has 0 N–H and O–H groups in total. The molecule has 180 valence electrons. The standard InChI is InChI=1S/C33H29BN2S/c1-32-16-6-7-17-33(32,2)36-26-14-9-15-28-30(26)34(23-12-8-11-22(32)31(23)36)24-19-27-21(18-29(24)37-28)20-10-4-5-13-25(20)35(27)3/h4-5,8-15,18-19H,6-7,16-17H2,1-3H3. The fourth-order valence-electron chi connectivity index (χ4n) is 8.62. The minimum atomic E-state index is 0.120. The van der Waals surface area contributed by atoms with Crippen molar-refractivity contribution in [3.8, 4) is 0 Å². The van der Waals surface area contributed by atoms with Crippen molar-refractivity contribution in [2.24, 2.45) is 7.05 Å². The number of benzene rings is 4. The second-order valence-corrected chi connectivity index (χ2v) is 13.2. The molecule has 37 heavy (non-hydrogen) atoms. The van der Waals surface area contributed by atoms with E-state index in [-0.39, 0.29) is 17.7 Å². The van der Waals surface area contributed by atoms with Gasteiger partial charge >= 0.3 is 0 Å². The average Bonchev–Trinajstić information content (AvgIpc) is 3.31. The molecule has 5 aromatic rings. The number of nitrogens with zero attached hydrogens (tertiary/aromatic N) is 2. The largest absolute Gasteiger partial charge is 0.344 e. The lowest BCUT2D eigenvalue weighted by Gasteiger charge is -2.52. The van der Waals surface area contributed by atoms with Crippen LogP contribution in [0.25, 0.3) is 21.8 Å². The lowest BCUT2D eigenvalue weighted by Crippen LogP contribution is -2.63. The van der Waals surface area contributed by atoms with E-state index in [2.05, 4.69) is 103 Å². The summed E-state index contributed by atoms with van der Waals surface area (Å²) in [6.07, 6.45) is 5.18. The summed E-state index contributed by atoms with van der Waals surface area (Å²) in [5.41, 5.74) is 12.0. The van der Waals surface area contributed by atoms with Gasteiger partial charge in [0.25, 0.3) is 0 Å². The topological polar surface area (TPSA) is 8.17 Å². The lowest BCUT2D eigenvalue weighted by atomic mass is 9.34. The molecule has 0 radical (unpaired) electrons. The van der Waals surface area contributed by atoms with E-state index in [1.54, 1.807) is 5.56 Å². The number of hydrogen-bond donors (Lipinski definition) is 0. The summed E-state index contributed by atoms with van der Waals surface area (Å²) >= 11 is 1.98. The van der Waals surface area contributed by atoms with Gasteiger partial charge in [-0.15, -0.1) is 0 Å². The van der Waals surface area contributed by atoms with Gasteiger partial charge in [-0.3, -0.25) is 0 Å². The van der Waals surface area contributed by atoms with E-state index < -0.39 is 0 Å². The summed E-state index contributed by atoms with van der Waals surface area (Å²) in [4.78, 5) is 5.64. The highest BCUT2D eigenvalue weighted by Gasteiger charge is 2.60. The first kappa shape index (κ1) is 20.9. The number of aryl methyl sites for hydroxylation is 1. The van der Waals surface area contributed by atoms with Gasteiger partial charge in [-0.05, 0) is 66.6 Å². The van der Waals surface area contributed by atoms with Gasteiger partial charge in [0, 0.05) is 55.4 Å². The van der Waals surface area contributed by atoms with E-state index in [0.717, 1.165) is 0 Å². The smallest absolute Gasteiger partial charge is 0.249 e. The van der Waals surface area contributed by atoms with Gasteiger partial charge < -0.3 is 9.47 Å². The minimum absolute atomic E-state index is 0.120. The number of para-hydroxylation sites is 2. The van der Waals surface area contributed by atoms with Crippen LogP contribution in [0.15, 0.2) is 82.6 Å². The first-order valence-electron chi connectivity index (χ1n) is 13.8. The zero-order valence-corrected chi connectivity index (χ0v) is 22.5. The van der Waals surface area contributed by atoms with Crippen molar-refractivity contribution in [3.05, 3.63) is 78.4 Å². The molecule has 0 spiro atoms. The molecule has 0 bridgehead atoms. The molecule has 0 amide bonds. The highest BCUT2D eigenvalue weighted by Crippen LogP contribution is 2.61. The maximum atomic E-state index is 2.80. The third-order valence-electron chi connectivity index (χ3n) is 10.6. The predicted octanol–water partition coefficient (Wildman–Crippen LogP) is 6.37. The fourth-order valence-corrected chi connectivity index (χ4v) is 9.80. The van der Waals surface area contributed by atoms with Gasteiger partial charge in [-0.2, -0.15) is 0 Å². The van der Waals surface area contributed by atoms with Crippen LogP contribution in [0, 0.1) is 0 Å². The zero-order valence-electron chi connectivity index (χ0n) is 21.6. The Kier molecular flexibility index (Phi) is 3.76. The van der Waals surface area contributed by atoms with Crippen LogP contribution in [0.5, 0.6) is 0 Å². The number of aromatic nitrogens is 1. The van der Waals surface area contributed by atoms with Gasteiger partial charge in [0.15, 0.2) is 0 Å². The van der Waals surface area contributed by atoms with Crippen molar-refractivity contribution in [1.82, 2.24) is 4.57 Å². The van der Waals surface area contributed by atoms with E-state index in [1.807, 2.05) is 11.8 Å². The molecule has 3 aliphatic heterocycles. The molecule has 9 rings (SSSR count). The third-order valence-corrected chi connectivity index (χ3v) is 11.8. The Morgan fingerprint density at radius 2 is 1.62 bits per heavy atom. The van der Waals surface area contributed by atoms with Crippen LogP contribution in [-0.4, -0.2) is 16.8 Å². The molecule has 4 heteroatoms. The Balaban J connectivity index is 1.39. The Bertz CT molecular complexity index is 1840. The highest BCUT2D eigenvalue weighted by molar-refractivity contribution is 8.00. The van der Waals surface area contributed by atoms with Crippen molar-refractivity contribution < 1.29 is 0 Å². The van der Waals surface area contributed by atoms with E-state index in [1.165, 1.54) is 85.0 Å². The first-order valence-corrected chi connectivity index (χ1v) is 14.6. The van der Waals surface area contributed by atoms with Crippen LogP contribution in [0.4, 0.5) is 11.4 Å². The summed E-state index contributed by atoms with van der Waals surface area (Å²) in [5, 5.41) is 2.72. The summed E-state index contributed by atoms with van der Waals surface area (Å²) < 4.78 is 2.39. The van der Waals surface area contributed by atoms with Crippen LogP contribution in [0.2, 0.25) is 0 Å². The molecule has 1 aliphatic carbocycles. The molecular weight excluding hydrogens is 467 g/mol. The van der Waals surface area contributed by atoms with Crippen molar-refractivity contribution in [1.29, 1.82) is 0 Å². The summed E-state index contributed by atoms with van der Waals surface area (Å²) in [5.74, 6) is 0. The quantitative estimate of drug-likeness (QED) is 0.226. The van der Waals surface area contributed by atoms with Gasteiger partial charge in [-0.25, -0.2) is 0 Å². The fraction of sp³-hybridized carbons (Fsp3) is 0.273. The van der Waals surface area contributed by atoms with Crippen molar-refractivity contribution >= 4 is 68.0 Å². The molecule has 1 aromatic heterocycles. The zero-order chi connectivity index (χ0) is 24.7. The number of rotatable bonds is 0. The van der Waals surface area contributed by atoms with Gasteiger partial charge in [-0.1, -0.05) is 79.5 Å². The molecule has 2 nitrogen and oxygen atoms in total. The molecule has 4 aliphatic rings. The van der Waals surface area contributed by atoms with Gasteiger partial charge in [0.05, 0.1) is 5.54 Å².